The minimum atomic E-state index is -0.339. The Morgan fingerprint density at radius 1 is 1.28 bits per heavy atom. The van der Waals surface area contributed by atoms with Gasteiger partial charge in [0, 0.05) is 11.1 Å². The molecule has 3 heteroatoms. The van der Waals surface area contributed by atoms with Crippen LogP contribution < -0.4 is 9.47 Å². The van der Waals surface area contributed by atoms with Gasteiger partial charge in [-0.2, -0.15) is 0 Å². The lowest BCUT2D eigenvalue weighted by atomic mass is 10.1. The first-order valence-corrected chi connectivity index (χ1v) is 5.78. The fraction of sp³-hybridized carbons (Fsp3) is 0.267. The molecular weight excluding hydrogens is 228 g/mol. The summed E-state index contributed by atoms with van der Waals surface area (Å²) in [5, 5.41) is 0. The molecule has 0 atom stereocenters. The first kappa shape index (κ1) is 14.0. The predicted octanol–water partition coefficient (Wildman–Crippen LogP) is 3.60. The molecule has 0 amide bonds. The molecule has 0 unspecified atom stereocenters. The molecule has 0 saturated heterocycles. The molecule has 0 aliphatic carbocycles. The quantitative estimate of drug-likeness (QED) is 0.462. The Kier molecular flexibility index (Phi) is 5.18. The van der Waals surface area contributed by atoms with Gasteiger partial charge >= 0.3 is 5.97 Å². The Morgan fingerprint density at radius 2 is 2.00 bits per heavy atom. The number of rotatable bonds is 4. The summed E-state index contributed by atoms with van der Waals surface area (Å²) in [6, 6.07) is 5.32. The van der Waals surface area contributed by atoms with Crippen molar-refractivity contribution in [3.8, 4) is 11.5 Å². The lowest BCUT2D eigenvalue weighted by molar-refractivity contribution is -0.130. The van der Waals surface area contributed by atoms with E-state index in [1.165, 1.54) is 0 Å². The van der Waals surface area contributed by atoms with Crippen molar-refractivity contribution in [3.05, 3.63) is 41.5 Å². The topological polar surface area (TPSA) is 35.5 Å². The third-order valence-electron chi connectivity index (χ3n) is 2.52. The van der Waals surface area contributed by atoms with Crippen molar-refractivity contribution in [1.82, 2.24) is 0 Å². The third kappa shape index (κ3) is 3.48. The van der Waals surface area contributed by atoms with Crippen LogP contribution >= 0.6 is 0 Å². The third-order valence-corrected chi connectivity index (χ3v) is 2.52. The molecule has 3 nitrogen and oxygen atoms in total. The summed E-state index contributed by atoms with van der Waals surface area (Å²) in [7, 11) is 1.60. The molecular formula is C15H18O3. The van der Waals surface area contributed by atoms with Crippen molar-refractivity contribution in [2.75, 3.05) is 7.11 Å². The standard InChI is InChI=1S/C15H18O3/c1-5-7-12-10-13(17-4)8-9-14(12)18-15(16)11(3)6-2/h5-10H,1-4H3/b7-5+,11-6+. The Bertz CT molecular complexity index is 485. The van der Waals surface area contributed by atoms with E-state index < -0.39 is 0 Å². The summed E-state index contributed by atoms with van der Waals surface area (Å²) < 4.78 is 10.5. The van der Waals surface area contributed by atoms with Crippen LogP contribution in [0.25, 0.3) is 6.08 Å². The Hall–Kier alpha value is -2.03. The molecule has 0 N–H and O–H groups in total. The number of esters is 1. The predicted molar refractivity (Wildman–Crippen MR) is 72.8 cm³/mol. The van der Waals surface area contributed by atoms with Gasteiger partial charge in [-0.15, -0.1) is 0 Å². The average molecular weight is 246 g/mol. The molecule has 0 heterocycles. The molecule has 18 heavy (non-hydrogen) atoms. The zero-order chi connectivity index (χ0) is 13.5. The van der Waals surface area contributed by atoms with Crippen molar-refractivity contribution in [2.24, 2.45) is 0 Å². The fourth-order valence-corrected chi connectivity index (χ4v) is 1.35. The van der Waals surface area contributed by atoms with Crippen LogP contribution in [0.4, 0.5) is 0 Å². The second-order valence-corrected chi connectivity index (χ2v) is 3.76. The van der Waals surface area contributed by atoms with E-state index in [1.807, 2.05) is 25.1 Å². The minimum absolute atomic E-state index is 0.339. The lowest BCUT2D eigenvalue weighted by Gasteiger charge is -2.09. The van der Waals surface area contributed by atoms with E-state index in [-0.39, 0.29) is 5.97 Å². The highest BCUT2D eigenvalue weighted by atomic mass is 16.5. The van der Waals surface area contributed by atoms with Gasteiger partial charge in [-0.25, -0.2) is 4.79 Å². The van der Waals surface area contributed by atoms with Gasteiger partial charge in [0.1, 0.15) is 11.5 Å². The molecule has 1 aromatic carbocycles. The molecule has 0 aliphatic rings. The van der Waals surface area contributed by atoms with Crippen molar-refractivity contribution >= 4 is 12.0 Å². The van der Waals surface area contributed by atoms with Gasteiger partial charge in [-0.3, -0.25) is 0 Å². The van der Waals surface area contributed by atoms with E-state index in [1.54, 1.807) is 39.2 Å². The first-order chi connectivity index (χ1) is 8.62. The summed E-state index contributed by atoms with van der Waals surface area (Å²) >= 11 is 0. The molecule has 1 rings (SSSR count). The van der Waals surface area contributed by atoms with Crippen LogP contribution in [0.3, 0.4) is 0 Å². The van der Waals surface area contributed by atoms with Crippen LogP contribution in [0.15, 0.2) is 35.9 Å². The number of benzene rings is 1. The molecule has 0 spiro atoms. The van der Waals surface area contributed by atoms with Crippen molar-refractivity contribution in [1.29, 1.82) is 0 Å². The molecule has 0 bridgehead atoms. The SMILES string of the molecule is C/C=C/c1cc(OC)ccc1OC(=O)/C(C)=C/C. The summed E-state index contributed by atoms with van der Waals surface area (Å²) in [5.74, 6) is 0.916. The van der Waals surface area contributed by atoms with Crippen molar-refractivity contribution < 1.29 is 14.3 Å². The number of hydrogen-bond acceptors (Lipinski definition) is 3. The monoisotopic (exact) mass is 246 g/mol. The zero-order valence-corrected chi connectivity index (χ0v) is 11.2. The van der Waals surface area contributed by atoms with Gasteiger partial charge in [-0.05, 0) is 39.0 Å². The van der Waals surface area contributed by atoms with Crippen LogP contribution in [0, 0.1) is 0 Å². The molecule has 0 fully saturated rings. The Morgan fingerprint density at radius 3 is 2.56 bits per heavy atom. The van der Waals surface area contributed by atoms with Gasteiger partial charge < -0.3 is 9.47 Å². The number of methoxy groups -OCH3 is 1. The van der Waals surface area contributed by atoms with E-state index in [0.717, 1.165) is 11.3 Å². The smallest absolute Gasteiger partial charge is 0.338 e. The molecule has 0 aliphatic heterocycles. The lowest BCUT2D eigenvalue weighted by Crippen LogP contribution is -2.09. The molecule has 0 aromatic heterocycles. The van der Waals surface area contributed by atoms with E-state index in [4.69, 9.17) is 9.47 Å². The number of hydrogen-bond donors (Lipinski definition) is 0. The number of carbonyl (C=O) groups excluding carboxylic acids is 1. The van der Waals surface area contributed by atoms with Crippen LogP contribution in [-0.2, 0) is 4.79 Å². The summed E-state index contributed by atoms with van der Waals surface area (Å²) in [4.78, 5) is 11.7. The maximum atomic E-state index is 11.7. The van der Waals surface area contributed by atoms with E-state index in [9.17, 15) is 4.79 Å². The zero-order valence-electron chi connectivity index (χ0n) is 11.2. The summed E-state index contributed by atoms with van der Waals surface area (Å²) in [6.07, 6.45) is 5.48. The maximum Gasteiger partial charge on any atom is 0.338 e. The van der Waals surface area contributed by atoms with Crippen molar-refractivity contribution in [2.45, 2.75) is 20.8 Å². The highest BCUT2D eigenvalue weighted by Gasteiger charge is 2.10. The van der Waals surface area contributed by atoms with Crippen LogP contribution in [-0.4, -0.2) is 13.1 Å². The Labute approximate surface area is 108 Å². The molecule has 0 saturated carbocycles. The van der Waals surface area contributed by atoms with E-state index in [2.05, 4.69) is 0 Å². The van der Waals surface area contributed by atoms with Crippen LogP contribution in [0.5, 0.6) is 11.5 Å². The van der Waals surface area contributed by atoms with Gasteiger partial charge in [0.15, 0.2) is 0 Å². The van der Waals surface area contributed by atoms with E-state index in [0.29, 0.717) is 11.3 Å². The number of ether oxygens (including phenoxy) is 2. The Balaban J connectivity index is 3.05. The second kappa shape index (κ2) is 6.64. The summed E-state index contributed by atoms with van der Waals surface area (Å²) in [6.45, 7) is 5.43. The van der Waals surface area contributed by atoms with Gasteiger partial charge in [0.2, 0.25) is 0 Å². The fourth-order valence-electron chi connectivity index (χ4n) is 1.35. The normalized spacial score (nSPS) is 11.7. The molecule has 0 radical (unpaired) electrons. The van der Waals surface area contributed by atoms with Crippen LogP contribution in [0.1, 0.15) is 26.3 Å². The largest absolute Gasteiger partial charge is 0.497 e. The highest BCUT2D eigenvalue weighted by molar-refractivity contribution is 5.90. The molecule has 1 aromatic rings. The minimum Gasteiger partial charge on any atom is -0.497 e. The van der Waals surface area contributed by atoms with E-state index >= 15 is 0 Å². The second-order valence-electron chi connectivity index (χ2n) is 3.76. The van der Waals surface area contributed by atoms with Gasteiger partial charge in [0.05, 0.1) is 7.11 Å². The van der Waals surface area contributed by atoms with Gasteiger partial charge in [-0.1, -0.05) is 18.2 Å². The van der Waals surface area contributed by atoms with Crippen molar-refractivity contribution in [3.63, 3.8) is 0 Å². The summed E-state index contributed by atoms with van der Waals surface area (Å²) in [5.41, 5.74) is 1.39. The number of allylic oxidation sites excluding steroid dienone is 2. The molecule has 96 valence electrons. The first-order valence-electron chi connectivity index (χ1n) is 5.78. The average Bonchev–Trinajstić information content (AvgIpc) is 2.39. The van der Waals surface area contributed by atoms with Gasteiger partial charge in [0.25, 0.3) is 0 Å². The van der Waals surface area contributed by atoms with Crippen LogP contribution in [0.2, 0.25) is 0 Å². The highest BCUT2D eigenvalue weighted by Crippen LogP contribution is 2.26. The number of carbonyl (C=O) groups is 1. The maximum absolute atomic E-state index is 11.7.